The third kappa shape index (κ3) is 2.85. The van der Waals surface area contributed by atoms with E-state index in [1.54, 1.807) is 13.0 Å². The molecule has 19 heavy (non-hydrogen) atoms. The molecule has 0 aliphatic carbocycles. The molecule has 104 valence electrons. The highest BCUT2D eigenvalue weighted by molar-refractivity contribution is 6.03. The number of hydrogen-bond acceptors (Lipinski definition) is 3. The van der Waals surface area contributed by atoms with Gasteiger partial charge in [-0.05, 0) is 44.5 Å². The normalized spacial score (nSPS) is 17.5. The van der Waals surface area contributed by atoms with Gasteiger partial charge in [0.15, 0.2) is 5.78 Å². The molecular formula is C15H21FN2O. The summed E-state index contributed by atoms with van der Waals surface area (Å²) in [5.74, 6) is -0.235. The number of carbonyl (C=O) groups excluding carboxylic acids is 1. The molecule has 0 spiro atoms. The molecule has 1 fully saturated rings. The van der Waals surface area contributed by atoms with E-state index in [0.717, 1.165) is 26.2 Å². The summed E-state index contributed by atoms with van der Waals surface area (Å²) in [6.45, 7) is 9.20. The van der Waals surface area contributed by atoms with Gasteiger partial charge >= 0.3 is 0 Å². The monoisotopic (exact) mass is 264 g/mol. The van der Waals surface area contributed by atoms with Gasteiger partial charge in [-0.3, -0.25) is 9.69 Å². The number of ketones is 1. The first kappa shape index (κ1) is 14.2. The van der Waals surface area contributed by atoms with Gasteiger partial charge in [-0.1, -0.05) is 0 Å². The summed E-state index contributed by atoms with van der Waals surface area (Å²) in [6.07, 6.45) is 0. The van der Waals surface area contributed by atoms with Crippen LogP contribution in [-0.2, 0) is 0 Å². The number of hydrogen-bond donors (Lipinski definition) is 1. The highest BCUT2D eigenvalue weighted by Crippen LogP contribution is 2.23. The Kier molecular flexibility index (Phi) is 4.02. The molecule has 0 saturated carbocycles. The maximum atomic E-state index is 13.1. The Balaban J connectivity index is 2.26. The molecular weight excluding hydrogens is 243 g/mol. The Morgan fingerprint density at radius 1 is 1.32 bits per heavy atom. The minimum atomic E-state index is -0.551. The third-order valence-corrected chi connectivity index (χ3v) is 3.90. The summed E-state index contributed by atoms with van der Waals surface area (Å²) in [6, 6.07) is 4.37. The van der Waals surface area contributed by atoms with Crippen LogP contribution >= 0.6 is 0 Å². The number of nitrogens with one attached hydrogen (secondary N) is 1. The first-order chi connectivity index (χ1) is 8.93. The number of nitrogens with zero attached hydrogens (tertiary/aromatic N) is 1. The maximum absolute atomic E-state index is 13.1. The summed E-state index contributed by atoms with van der Waals surface area (Å²) < 4.78 is 13.1. The highest BCUT2D eigenvalue weighted by Gasteiger charge is 2.36. The van der Waals surface area contributed by atoms with Crippen LogP contribution in [0.2, 0.25) is 0 Å². The lowest BCUT2D eigenvalue weighted by molar-refractivity contribution is 0.0602. The number of halogens is 1. The maximum Gasteiger partial charge on any atom is 0.182 e. The summed E-state index contributed by atoms with van der Waals surface area (Å²) in [4.78, 5) is 14.9. The van der Waals surface area contributed by atoms with Crippen molar-refractivity contribution in [2.45, 2.75) is 26.3 Å². The van der Waals surface area contributed by atoms with E-state index >= 15 is 0 Å². The topological polar surface area (TPSA) is 32.3 Å². The van der Waals surface area contributed by atoms with E-state index in [-0.39, 0.29) is 11.6 Å². The molecule has 1 N–H and O–H groups in total. The summed E-state index contributed by atoms with van der Waals surface area (Å²) in [5.41, 5.74) is 0.767. The van der Waals surface area contributed by atoms with E-state index in [0.29, 0.717) is 11.1 Å². The van der Waals surface area contributed by atoms with Gasteiger partial charge in [0.05, 0.1) is 5.54 Å². The fourth-order valence-electron chi connectivity index (χ4n) is 2.58. The van der Waals surface area contributed by atoms with E-state index in [9.17, 15) is 9.18 Å². The Hall–Kier alpha value is -1.26. The zero-order valence-corrected chi connectivity index (χ0v) is 11.8. The average Bonchev–Trinajstić information content (AvgIpc) is 2.39. The van der Waals surface area contributed by atoms with Crippen molar-refractivity contribution in [3.8, 4) is 0 Å². The quantitative estimate of drug-likeness (QED) is 0.848. The smallest absolute Gasteiger partial charge is 0.182 e. The molecule has 1 saturated heterocycles. The minimum Gasteiger partial charge on any atom is -0.314 e. The largest absolute Gasteiger partial charge is 0.314 e. The van der Waals surface area contributed by atoms with Crippen LogP contribution in [0.1, 0.15) is 29.8 Å². The molecule has 1 aromatic carbocycles. The van der Waals surface area contributed by atoms with Crippen molar-refractivity contribution in [2.75, 3.05) is 26.2 Å². The van der Waals surface area contributed by atoms with E-state index < -0.39 is 5.54 Å². The summed E-state index contributed by atoms with van der Waals surface area (Å²) in [7, 11) is 0. The van der Waals surface area contributed by atoms with Crippen molar-refractivity contribution < 1.29 is 9.18 Å². The van der Waals surface area contributed by atoms with Gasteiger partial charge in [0, 0.05) is 31.7 Å². The van der Waals surface area contributed by atoms with Crippen LogP contribution in [0.15, 0.2) is 18.2 Å². The van der Waals surface area contributed by atoms with Crippen LogP contribution in [0.25, 0.3) is 0 Å². The van der Waals surface area contributed by atoms with E-state index in [1.807, 2.05) is 13.8 Å². The Bertz CT molecular complexity index is 479. The fourth-order valence-corrected chi connectivity index (χ4v) is 2.58. The lowest BCUT2D eigenvalue weighted by atomic mass is 9.88. The van der Waals surface area contributed by atoms with Crippen LogP contribution in [-0.4, -0.2) is 42.4 Å². The SMILES string of the molecule is Cc1cc(F)ccc1C(=O)C(C)(C)N1CCNCC1. The van der Waals surface area contributed by atoms with E-state index in [4.69, 9.17) is 0 Å². The molecule has 4 heteroatoms. The number of benzene rings is 1. The van der Waals surface area contributed by atoms with Crippen molar-refractivity contribution >= 4 is 5.78 Å². The second kappa shape index (κ2) is 5.39. The molecule has 0 aromatic heterocycles. The number of carbonyl (C=O) groups is 1. The molecule has 1 aliphatic rings. The van der Waals surface area contributed by atoms with Crippen LogP contribution in [0.3, 0.4) is 0 Å². The van der Waals surface area contributed by atoms with Gasteiger partial charge in [-0.2, -0.15) is 0 Å². The summed E-state index contributed by atoms with van der Waals surface area (Å²) in [5, 5.41) is 3.28. The molecule has 2 rings (SSSR count). The van der Waals surface area contributed by atoms with Gasteiger partial charge in [-0.15, -0.1) is 0 Å². The Morgan fingerprint density at radius 2 is 1.95 bits per heavy atom. The summed E-state index contributed by atoms with van der Waals surface area (Å²) >= 11 is 0. The van der Waals surface area contributed by atoms with Gasteiger partial charge in [-0.25, -0.2) is 4.39 Å². The number of aryl methyl sites for hydroxylation is 1. The van der Waals surface area contributed by atoms with Gasteiger partial charge in [0.1, 0.15) is 5.82 Å². The van der Waals surface area contributed by atoms with Crippen LogP contribution < -0.4 is 5.32 Å². The Morgan fingerprint density at radius 3 is 2.53 bits per heavy atom. The third-order valence-electron chi connectivity index (χ3n) is 3.90. The van der Waals surface area contributed by atoms with E-state index in [2.05, 4.69) is 10.2 Å². The second-order valence-electron chi connectivity index (χ2n) is 5.58. The van der Waals surface area contributed by atoms with Crippen LogP contribution in [0, 0.1) is 12.7 Å². The van der Waals surface area contributed by atoms with Crippen LogP contribution in [0.5, 0.6) is 0 Å². The van der Waals surface area contributed by atoms with Gasteiger partial charge in [0.25, 0.3) is 0 Å². The van der Waals surface area contributed by atoms with Crippen molar-refractivity contribution in [1.82, 2.24) is 10.2 Å². The second-order valence-corrected chi connectivity index (χ2v) is 5.58. The average molecular weight is 264 g/mol. The number of rotatable bonds is 3. The highest BCUT2D eigenvalue weighted by atomic mass is 19.1. The van der Waals surface area contributed by atoms with Crippen molar-refractivity contribution in [3.63, 3.8) is 0 Å². The molecule has 0 bridgehead atoms. The number of Topliss-reactive ketones (excluding diaryl/α,β-unsaturated/α-hetero) is 1. The fraction of sp³-hybridized carbons (Fsp3) is 0.533. The molecule has 0 radical (unpaired) electrons. The minimum absolute atomic E-state index is 0.0619. The molecule has 3 nitrogen and oxygen atoms in total. The van der Waals surface area contributed by atoms with Crippen molar-refractivity contribution in [3.05, 3.63) is 35.1 Å². The first-order valence-electron chi connectivity index (χ1n) is 6.69. The van der Waals surface area contributed by atoms with Crippen LogP contribution in [0.4, 0.5) is 4.39 Å². The molecule has 0 unspecified atom stereocenters. The molecule has 1 aromatic rings. The zero-order chi connectivity index (χ0) is 14.0. The predicted molar refractivity (Wildman–Crippen MR) is 74.0 cm³/mol. The molecule has 0 amide bonds. The predicted octanol–water partition coefficient (Wildman–Crippen LogP) is 2.00. The molecule has 1 heterocycles. The van der Waals surface area contributed by atoms with Gasteiger partial charge in [0.2, 0.25) is 0 Å². The molecule has 1 aliphatic heterocycles. The number of piperazine rings is 1. The van der Waals surface area contributed by atoms with Crippen molar-refractivity contribution in [1.29, 1.82) is 0 Å². The first-order valence-corrected chi connectivity index (χ1v) is 6.69. The molecule has 0 atom stereocenters. The van der Waals surface area contributed by atoms with Crippen molar-refractivity contribution in [2.24, 2.45) is 0 Å². The Labute approximate surface area is 113 Å². The zero-order valence-electron chi connectivity index (χ0n) is 11.8. The van der Waals surface area contributed by atoms with Gasteiger partial charge < -0.3 is 5.32 Å². The lowest BCUT2D eigenvalue weighted by Crippen LogP contribution is -2.57. The standard InChI is InChI=1S/C15H21FN2O/c1-11-10-12(16)4-5-13(11)14(19)15(2,3)18-8-6-17-7-9-18/h4-5,10,17H,6-9H2,1-3H3. The van der Waals surface area contributed by atoms with E-state index in [1.165, 1.54) is 12.1 Å². The lowest BCUT2D eigenvalue weighted by Gasteiger charge is -2.40.